The van der Waals surface area contributed by atoms with E-state index in [0.29, 0.717) is 5.92 Å². The van der Waals surface area contributed by atoms with Crippen LogP contribution >= 0.6 is 0 Å². The Morgan fingerprint density at radius 1 is 1.38 bits per heavy atom. The van der Waals surface area contributed by atoms with Gasteiger partial charge in [0.2, 0.25) is 0 Å². The molecule has 3 unspecified atom stereocenters. The summed E-state index contributed by atoms with van der Waals surface area (Å²) in [6.45, 7) is 6.08. The van der Waals surface area contributed by atoms with Crippen molar-refractivity contribution in [3.63, 3.8) is 0 Å². The number of para-hydroxylation sites is 1. The van der Waals surface area contributed by atoms with Crippen LogP contribution in [-0.2, 0) is 4.74 Å². The first kappa shape index (κ1) is 14.2. The van der Waals surface area contributed by atoms with E-state index in [4.69, 9.17) is 4.74 Å². The molecule has 2 heterocycles. The molecule has 0 amide bonds. The third-order valence-corrected chi connectivity index (χ3v) is 4.09. The lowest BCUT2D eigenvalue weighted by Gasteiger charge is -2.27. The maximum absolute atomic E-state index is 5.96. The highest BCUT2D eigenvalue weighted by molar-refractivity contribution is 5.32. The molecule has 5 nitrogen and oxygen atoms in total. The van der Waals surface area contributed by atoms with E-state index >= 15 is 0 Å². The molecule has 0 aliphatic carbocycles. The molecule has 0 spiro atoms. The topological polar surface area (TPSA) is 52.0 Å². The van der Waals surface area contributed by atoms with Crippen LogP contribution in [0.2, 0.25) is 0 Å². The van der Waals surface area contributed by atoms with Crippen molar-refractivity contribution < 1.29 is 4.74 Å². The number of nitrogens with zero attached hydrogens (tertiary/aromatic N) is 3. The Balaban J connectivity index is 1.95. The van der Waals surface area contributed by atoms with Crippen LogP contribution in [-0.4, -0.2) is 34.2 Å². The molecule has 1 N–H and O–H groups in total. The van der Waals surface area contributed by atoms with Crippen LogP contribution in [0.5, 0.6) is 0 Å². The maximum atomic E-state index is 5.96. The summed E-state index contributed by atoms with van der Waals surface area (Å²) in [5, 5.41) is 11.9. The number of aromatic nitrogens is 3. The fourth-order valence-electron chi connectivity index (χ4n) is 2.98. The van der Waals surface area contributed by atoms with Gasteiger partial charge in [0.25, 0.3) is 0 Å². The molecule has 1 aromatic heterocycles. The number of ether oxygens (including phenoxy) is 1. The van der Waals surface area contributed by atoms with E-state index in [9.17, 15) is 0 Å². The van der Waals surface area contributed by atoms with Crippen molar-refractivity contribution in [3.8, 4) is 5.69 Å². The van der Waals surface area contributed by atoms with Gasteiger partial charge < -0.3 is 10.1 Å². The summed E-state index contributed by atoms with van der Waals surface area (Å²) in [4.78, 5) is 0. The number of likely N-dealkylation sites (N-methyl/N-ethyl adjacent to an activating group) is 1. The van der Waals surface area contributed by atoms with E-state index in [2.05, 4.69) is 29.5 Å². The van der Waals surface area contributed by atoms with Crippen molar-refractivity contribution in [1.82, 2.24) is 20.3 Å². The molecule has 21 heavy (non-hydrogen) atoms. The third kappa shape index (κ3) is 2.84. The molecule has 5 heteroatoms. The van der Waals surface area contributed by atoms with Crippen LogP contribution in [0.4, 0.5) is 0 Å². The molecule has 0 saturated carbocycles. The molecule has 1 aromatic carbocycles. The van der Waals surface area contributed by atoms with Gasteiger partial charge >= 0.3 is 0 Å². The van der Waals surface area contributed by atoms with Gasteiger partial charge in [0.15, 0.2) is 0 Å². The summed E-state index contributed by atoms with van der Waals surface area (Å²) in [7, 11) is 0. The van der Waals surface area contributed by atoms with E-state index in [0.717, 1.165) is 31.0 Å². The standard InChI is InChI=1S/C16H22N4O/c1-3-17-15(16-12(2)9-10-21-16)14-11-18-19-20(14)13-7-5-4-6-8-13/h4-8,11-12,15-17H,3,9-10H2,1-2H3. The molecule has 0 radical (unpaired) electrons. The minimum atomic E-state index is 0.114. The molecular weight excluding hydrogens is 264 g/mol. The Morgan fingerprint density at radius 3 is 2.86 bits per heavy atom. The number of hydrogen-bond donors (Lipinski definition) is 1. The van der Waals surface area contributed by atoms with Crippen molar-refractivity contribution in [2.75, 3.05) is 13.2 Å². The predicted octanol–water partition coefficient (Wildman–Crippen LogP) is 2.34. The minimum Gasteiger partial charge on any atom is -0.376 e. The highest BCUT2D eigenvalue weighted by atomic mass is 16.5. The zero-order chi connectivity index (χ0) is 14.7. The normalized spacial score (nSPS) is 23.3. The van der Waals surface area contributed by atoms with E-state index in [-0.39, 0.29) is 12.1 Å². The van der Waals surface area contributed by atoms with Crippen molar-refractivity contribution in [1.29, 1.82) is 0 Å². The van der Waals surface area contributed by atoms with E-state index in [1.807, 2.05) is 41.2 Å². The Bertz CT molecular complexity index is 569. The van der Waals surface area contributed by atoms with Crippen LogP contribution < -0.4 is 5.32 Å². The average molecular weight is 286 g/mol. The summed E-state index contributed by atoms with van der Waals surface area (Å²) in [5.41, 5.74) is 2.08. The average Bonchev–Trinajstić information content (AvgIpc) is 3.15. The van der Waals surface area contributed by atoms with Gasteiger partial charge in [-0.25, -0.2) is 4.68 Å². The Kier molecular flexibility index (Phi) is 4.31. The van der Waals surface area contributed by atoms with Crippen LogP contribution in [0, 0.1) is 5.92 Å². The quantitative estimate of drug-likeness (QED) is 0.916. The van der Waals surface area contributed by atoms with Gasteiger partial charge in [-0.3, -0.25) is 0 Å². The van der Waals surface area contributed by atoms with Gasteiger partial charge in [-0.15, -0.1) is 5.10 Å². The number of benzene rings is 1. The van der Waals surface area contributed by atoms with E-state index < -0.39 is 0 Å². The molecule has 0 bridgehead atoms. The second-order valence-electron chi connectivity index (χ2n) is 5.54. The lowest BCUT2D eigenvalue weighted by molar-refractivity contribution is 0.0592. The molecule has 3 rings (SSSR count). The first-order valence-electron chi connectivity index (χ1n) is 7.62. The molecule has 2 aromatic rings. The second-order valence-corrected chi connectivity index (χ2v) is 5.54. The van der Waals surface area contributed by atoms with Gasteiger partial charge in [0.05, 0.1) is 29.7 Å². The zero-order valence-electron chi connectivity index (χ0n) is 12.6. The number of hydrogen-bond acceptors (Lipinski definition) is 4. The first-order valence-corrected chi connectivity index (χ1v) is 7.62. The Hall–Kier alpha value is -1.72. The summed E-state index contributed by atoms with van der Waals surface area (Å²) < 4.78 is 7.87. The highest BCUT2D eigenvalue weighted by Gasteiger charge is 2.34. The van der Waals surface area contributed by atoms with E-state index in [1.165, 1.54) is 0 Å². The SMILES string of the molecule is CCNC(c1cnnn1-c1ccccc1)C1OCCC1C. The molecule has 1 fully saturated rings. The van der Waals surface area contributed by atoms with Crippen molar-refractivity contribution >= 4 is 0 Å². The Morgan fingerprint density at radius 2 is 2.19 bits per heavy atom. The highest BCUT2D eigenvalue weighted by Crippen LogP contribution is 2.31. The molecule has 3 atom stereocenters. The monoisotopic (exact) mass is 286 g/mol. The Labute approximate surface area is 125 Å². The minimum absolute atomic E-state index is 0.114. The van der Waals surface area contributed by atoms with Crippen molar-refractivity contribution in [2.45, 2.75) is 32.4 Å². The lowest BCUT2D eigenvalue weighted by Crippen LogP contribution is -2.36. The second kappa shape index (κ2) is 6.37. The molecule has 112 valence electrons. The maximum Gasteiger partial charge on any atom is 0.0841 e. The molecule has 1 aliphatic heterocycles. The molecule has 1 aliphatic rings. The van der Waals surface area contributed by atoms with Crippen LogP contribution in [0.3, 0.4) is 0 Å². The number of rotatable bonds is 5. The van der Waals surface area contributed by atoms with Gasteiger partial charge in [0.1, 0.15) is 0 Å². The molecule has 1 saturated heterocycles. The van der Waals surface area contributed by atoms with Crippen LogP contribution in [0.25, 0.3) is 5.69 Å². The van der Waals surface area contributed by atoms with Gasteiger partial charge in [-0.1, -0.05) is 37.3 Å². The van der Waals surface area contributed by atoms with Gasteiger partial charge in [-0.05, 0) is 31.0 Å². The molecular formula is C16H22N4O. The summed E-state index contributed by atoms with van der Waals surface area (Å²) in [5.74, 6) is 0.535. The predicted molar refractivity (Wildman–Crippen MR) is 81.3 cm³/mol. The first-order chi connectivity index (χ1) is 10.3. The van der Waals surface area contributed by atoms with Crippen LogP contribution in [0.1, 0.15) is 32.0 Å². The summed E-state index contributed by atoms with van der Waals surface area (Å²) >= 11 is 0. The van der Waals surface area contributed by atoms with Gasteiger partial charge in [0, 0.05) is 6.61 Å². The fraction of sp³-hybridized carbons (Fsp3) is 0.500. The smallest absolute Gasteiger partial charge is 0.0841 e. The zero-order valence-corrected chi connectivity index (χ0v) is 12.6. The largest absolute Gasteiger partial charge is 0.376 e. The van der Waals surface area contributed by atoms with Crippen molar-refractivity contribution in [3.05, 3.63) is 42.2 Å². The number of nitrogens with one attached hydrogen (secondary N) is 1. The summed E-state index contributed by atoms with van der Waals surface area (Å²) in [6, 6.07) is 10.2. The van der Waals surface area contributed by atoms with Gasteiger partial charge in [-0.2, -0.15) is 0 Å². The third-order valence-electron chi connectivity index (χ3n) is 4.09. The van der Waals surface area contributed by atoms with Crippen molar-refractivity contribution in [2.24, 2.45) is 5.92 Å². The lowest BCUT2D eigenvalue weighted by atomic mass is 9.95. The van der Waals surface area contributed by atoms with Crippen LogP contribution in [0.15, 0.2) is 36.5 Å². The fourth-order valence-corrected chi connectivity index (χ4v) is 2.98. The van der Waals surface area contributed by atoms with E-state index in [1.54, 1.807) is 0 Å². The summed E-state index contributed by atoms with van der Waals surface area (Å²) in [6.07, 6.45) is 3.12.